The zero-order valence-corrected chi connectivity index (χ0v) is 10.3. The highest BCUT2D eigenvalue weighted by molar-refractivity contribution is 5.44. The number of aromatic nitrogens is 2. The molecule has 2 aromatic rings. The van der Waals surface area contributed by atoms with Crippen molar-refractivity contribution in [3.8, 4) is 11.8 Å². The van der Waals surface area contributed by atoms with E-state index in [4.69, 9.17) is 5.26 Å². The maximum atomic E-state index is 12.8. The molecule has 0 N–H and O–H groups in total. The summed E-state index contributed by atoms with van der Waals surface area (Å²) in [6, 6.07) is 7.31. The van der Waals surface area contributed by atoms with Crippen LogP contribution in [0.4, 0.5) is 13.2 Å². The third kappa shape index (κ3) is 2.45. The summed E-state index contributed by atoms with van der Waals surface area (Å²) >= 11 is 0. The molecule has 0 saturated carbocycles. The topological polar surface area (TPSA) is 41.6 Å². The Bertz CT molecular complexity index is 663. The van der Waals surface area contributed by atoms with Crippen LogP contribution in [0.5, 0.6) is 0 Å². The lowest BCUT2D eigenvalue weighted by atomic mass is 10.1. The first-order valence-electron chi connectivity index (χ1n) is 5.48. The Balaban J connectivity index is 2.62. The van der Waals surface area contributed by atoms with Crippen LogP contribution in [0.3, 0.4) is 0 Å². The summed E-state index contributed by atoms with van der Waals surface area (Å²) in [7, 11) is 0. The summed E-state index contributed by atoms with van der Waals surface area (Å²) < 4.78 is 39.7. The molecule has 1 aromatic carbocycles. The van der Waals surface area contributed by atoms with E-state index in [1.54, 1.807) is 6.92 Å². The molecule has 1 aromatic heterocycles. The zero-order valence-electron chi connectivity index (χ0n) is 10.3. The first kappa shape index (κ1) is 13.1. The van der Waals surface area contributed by atoms with Gasteiger partial charge in [-0.2, -0.15) is 23.5 Å². The number of halogens is 3. The van der Waals surface area contributed by atoms with E-state index in [2.05, 4.69) is 5.10 Å². The highest BCUT2D eigenvalue weighted by Gasteiger charge is 2.32. The van der Waals surface area contributed by atoms with Crippen LogP contribution in [-0.4, -0.2) is 9.78 Å². The molecule has 0 amide bonds. The third-order valence-corrected chi connectivity index (χ3v) is 2.72. The van der Waals surface area contributed by atoms with Gasteiger partial charge < -0.3 is 0 Å². The summed E-state index contributed by atoms with van der Waals surface area (Å²) in [5.74, 6) is 0. The molecule has 0 aliphatic carbocycles. The van der Waals surface area contributed by atoms with Gasteiger partial charge in [0.25, 0.3) is 0 Å². The van der Waals surface area contributed by atoms with Gasteiger partial charge in [-0.1, -0.05) is 6.07 Å². The fourth-order valence-electron chi connectivity index (χ4n) is 1.82. The average molecular weight is 265 g/mol. The van der Waals surface area contributed by atoms with Crippen LogP contribution >= 0.6 is 0 Å². The summed E-state index contributed by atoms with van der Waals surface area (Å²) in [6.07, 6.45) is -4.42. The summed E-state index contributed by atoms with van der Waals surface area (Å²) in [6.45, 7) is 3.07. The van der Waals surface area contributed by atoms with Gasteiger partial charge in [0, 0.05) is 0 Å². The first-order chi connectivity index (χ1) is 8.82. The van der Waals surface area contributed by atoms with Gasteiger partial charge in [0.1, 0.15) is 11.8 Å². The highest BCUT2D eigenvalue weighted by Crippen LogP contribution is 2.33. The lowest BCUT2D eigenvalue weighted by Crippen LogP contribution is -2.09. The average Bonchev–Trinajstić information content (AvgIpc) is 2.69. The SMILES string of the molecule is Cc1cc(C#N)n(-c2ccc(C)c(C(F)(F)F)c2)n1. The van der Waals surface area contributed by atoms with E-state index in [9.17, 15) is 13.2 Å². The maximum absolute atomic E-state index is 12.8. The lowest BCUT2D eigenvalue weighted by Gasteiger charge is -2.12. The van der Waals surface area contributed by atoms with E-state index >= 15 is 0 Å². The molecule has 0 radical (unpaired) electrons. The Morgan fingerprint density at radius 3 is 2.47 bits per heavy atom. The molecule has 1 heterocycles. The van der Waals surface area contributed by atoms with Gasteiger partial charge in [-0.15, -0.1) is 0 Å². The van der Waals surface area contributed by atoms with Crippen LogP contribution < -0.4 is 0 Å². The van der Waals surface area contributed by atoms with Crippen molar-refractivity contribution in [3.05, 3.63) is 46.8 Å². The smallest absolute Gasteiger partial charge is 0.223 e. The number of nitrogens with zero attached hydrogens (tertiary/aromatic N) is 3. The number of hydrogen-bond donors (Lipinski definition) is 0. The van der Waals surface area contributed by atoms with Crippen LogP contribution in [0.1, 0.15) is 22.5 Å². The van der Waals surface area contributed by atoms with Crippen molar-refractivity contribution in [3.63, 3.8) is 0 Å². The van der Waals surface area contributed by atoms with Crippen LogP contribution in [0.25, 0.3) is 5.69 Å². The van der Waals surface area contributed by atoms with Crippen molar-refractivity contribution in [1.29, 1.82) is 5.26 Å². The number of rotatable bonds is 1. The number of alkyl halides is 3. The molecule has 2 rings (SSSR count). The second-order valence-electron chi connectivity index (χ2n) is 4.19. The second kappa shape index (κ2) is 4.43. The molecule has 0 aliphatic rings. The van der Waals surface area contributed by atoms with Crippen LogP contribution in [0.2, 0.25) is 0 Å². The highest BCUT2D eigenvalue weighted by atomic mass is 19.4. The minimum absolute atomic E-state index is 0.138. The fourth-order valence-corrected chi connectivity index (χ4v) is 1.82. The van der Waals surface area contributed by atoms with Gasteiger partial charge in [-0.3, -0.25) is 0 Å². The van der Waals surface area contributed by atoms with Crippen molar-refractivity contribution in [2.24, 2.45) is 0 Å². The van der Waals surface area contributed by atoms with E-state index < -0.39 is 11.7 Å². The number of hydrogen-bond acceptors (Lipinski definition) is 2. The van der Waals surface area contributed by atoms with Gasteiger partial charge in [0.05, 0.1) is 16.9 Å². The minimum atomic E-state index is -4.42. The molecular formula is C13H10F3N3. The van der Waals surface area contributed by atoms with Gasteiger partial charge in [-0.25, -0.2) is 4.68 Å². The van der Waals surface area contributed by atoms with Gasteiger partial charge in [0.2, 0.25) is 0 Å². The van der Waals surface area contributed by atoms with Gasteiger partial charge in [-0.05, 0) is 37.6 Å². The van der Waals surface area contributed by atoms with E-state index in [1.165, 1.54) is 29.8 Å². The van der Waals surface area contributed by atoms with Crippen LogP contribution in [0, 0.1) is 25.2 Å². The molecule has 3 nitrogen and oxygen atoms in total. The van der Waals surface area contributed by atoms with E-state index in [0.29, 0.717) is 5.69 Å². The number of aryl methyl sites for hydroxylation is 2. The second-order valence-corrected chi connectivity index (χ2v) is 4.19. The Morgan fingerprint density at radius 1 is 1.21 bits per heavy atom. The van der Waals surface area contributed by atoms with E-state index in [0.717, 1.165) is 6.07 Å². The van der Waals surface area contributed by atoms with E-state index in [-0.39, 0.29) is 16.9 Å². The largest absolute Gasteiger partial charge is 0.416 e. The summed E-state index contributed by atoms with van der Waals surface area (Å²) in [4.78, 5) is 0. The molecule has 0 saturated heterocycles. The summed E-state index contributed by atoms with van der Waals surface area (Å²) in [5, 5.41) is 13.0. The predicted molar refractivity (Wildman–Crippen MR) is 62.8 cm³/mol. The van der Waals surface area contributed by atoms with Crippen molar-refractivity contribution in [2.75, 3.05) is 0 Å². The standard InChI is InChI=1S/C13H10F3N3/c1-8-3-4-10(6-12(8)13(14,15)16)19-11(7-17)5-9(2)18-19/h3-6H,1-2H3. The Hall–Kier alpha value is -2.29. The molecule has 98 valence electrons. The zero-order chi connectivity index (χ0) is 14.2. The van der Waals surface area contributed by atoms with Gasteiger partial charge >= 0.3 is 6.18 Å². The predicted octanol–water partition coefficient (Wildman–Crippen LogP) is 3.38. The molecule has 0 bridgehead atoms. The molecule has 6 heteroatoms. The molecule has 0 spiro atoms. The van der Waals surface area contributed by atoms with Crippen molar-refractivity contribution >= 4 is 0 Å². The van der Waals surface area contributed by atoms with Crippen LogP contribution in [-0.2, 0) is 6.18 Å². The quantitative estimate of drug-likeness (QED) is 0.793. The van der Waals surface area contributed by atoms with Gasteiger partial charge in [0.15, 0.2) is 0 Å². The molecule has 0 fully saturated rings. The van der Waals surface area contributed by atoms with Crippen molar-refractivity contribution < 1.29 is 13.2 Å². The fraction of sp³-hybridized carbons (Fsp3) is 0.231. The van der Waals surface area contributed by atoms with Crippen molar-refractivity contribution in [2.45, 2.75) is 20.0 Å². The molecule has 19 heavy (non-hydrogen) atoms. The van der Waals surface area contributed by atoms with Crippen LogP contribution in [0.15, 0.2) is 24.3 Å². The van der Waals surface area contributed by atoms with E-state index in [1.807, 2.05) is 6.07 Å². The molecule has 0 aliphatic heterocycles. The van der Waals surface area contributed by atoms with Crippen molar-refractivity contribution in [1.82, 2.24) is 9.78 Å². The number of benzene rings is 1. The Morgan fingerprint density at radius 2 is 1.89 bits per heavy atom. The minimum Gasteiger partial charge on any atom is -0.223 e. The normalized spacial score (nSPS) is 11.4. The monoisotopic (exact) mass is 265 g/mol. The number of nitriles is 1. The summed E-state index contributed by atoms with van der Waals surface area (Å²) in [5.41, 5.74) is 0.420. The molecule has 0 atom stereocenters. The molecule has 0 unspecified atom stereocenters. The Kier molecular flexibility index (Phi) is 3.06. The third-order valence-electron chi connectivity index (χ3n) is 2.72. The Labute approximate surface area is 107 Å². The maximum Gasteiger partial charge on any atom is 0.416 e. The first-order valence-corrected chi connectivity index (χ1v) is 5.48. The lowest BCUT2D eigenvalue weighted by molar-refractivity contribution is -0.138. The molecular weight excluding hydrogens is 255 g/mol.